The predicted molar refractivity (Wildman–Crippen MR) is 70.9 cm³/mol. The minimum Gasteiger partial charge on any atom is -0.465 e. The van der Waals surface area contributed by atoms with Crippen LogP contribution in [0.4, 0.5) is 10.7 Å². The molecule has 1 aliphatic heterocycles. The maximum absolute atomic E-state index is 11.9. The van der Waals surface area contributed by atoms with Crippen molar-refractivity contribution >= 4 is 23.1 Å². The molecule has 2 aromatic rings. The van der Waals surface area contributed by atoms with E-state index in [1.807, 2.05) is 4.90 Å². The molecule has 3 heterocycles. The van der Waals surface area contributed by atoms with Crippen LogP contribution in [0.25, 0.3) is 11.0 Å². The van der Waals surface area contributed by atoms with Gasteiger partial charge in [0.2, 0.25) is 5.95 Å². The maximum Gasteiger partial charge on any atom is 0.407 e. The molecule has 0 aliphatic carbocycles. The zero-order valence-corrected chi connectivity index (χ0v) is 10.9. The number of nitrogens with zero attached hydrogens (tertiary/aromatic N) is 5. The third kappa shape index (κ3) is 1.96. The Balaban J connectivity index is 1.87. The summed E-state index contributed by atoms with van der Waals surface area (Å²) in [6, 6.07) is 0. The van der Waals surface area contributed by atoms with Gasteiger partial charge in [-0.1, -0.05) is 0 Å². The van der Waals surface area contributed by atoms with Crippen molar-refractivity contribution in [1.82, 2.24) is 24.6 Å². The van der Waals surface area contributed by atoms with E-state index >= 15 is 0 Å². The highest BCUT2D eigenvalue weighted by atomic mass is 16.4. The molecule has 1 saturated heterocycles. The summed E-state index contributed by atoms with van der Waals surface area (Å²) in [5.41, 5.74) is 0.677. The van der Waals surface area contributed by atoms with Crippen LogP contribution in [-0.2, 0) is 7.05 Å². The Morgan fingerprint density at radius 2 is 2.05 bits per heavy atom. The number of aryl methyl sites for hydroxylation is 1. The number of amides is 1. The van der Waals surface area contributed by atoms with Crippen molar-refractivity contribution in [2.75, 3.05) is 31.1 Å². The highest BCUT2D eigenvalue weighted by Gasteiger charge is 2.22. The summed E-state index contributed by atoms with van der Waals surface area (Å²) in [5, 5.41) is 12.8. The van der Waals surface area contributed by atoms with E-state index < -0.39 is 6.09 Å². The lowest BCUT2D eigenvalue weighted by Gasteiger charge is -2.32. The van der Waals surface area contributed by atoms with Crippen LogP contribution in [0.1, 0.15) is 0 Å². The molecule has 3 rings (SSSR count). The molecule has 0 radical (unpaired) electrons. The van der Waals surface area contributed by atoms with Gasteiger partial charge in [0.1, 0.15) is 0 Å². The first-order valence-electron chi connectivity index (χ1n) is 6.21. The van der Waals surface area contributed by atoms with E-state index in [2.05, 4.69) is 15.1 Å². The zero-order valence-electron chi connectivity index (χ0n) is 10.9. The molecule has 9 heteroatoms. The third-order valence-electron chi connectivity index (χ3n) is 3.43. The Labute approximate surface area is 113 Å². The van der Waals surface area contributed by atoms with Gasteiger partial charge in [-0.25, -0.2) is 14.5 Å². The van der Waals surface area contributed by atoms with Crippen molar-refractivity contribution in [2.45, 2.75) is 0 Å². The summed E-state index contributed by atoms with van der Waals surface area (Å²) in [4.78, 5) is 33.4. The molecule has 9 nitrogen and oxygen atoms in total. The number of piperazine rings is 1. The normalized spacial score (nSPS) is 15.8. The van der Waals surface area contributed by atoms with Crippen LogP contribution in [-0.4, -0.2) is 62.0 Å². The first-order chi connectivity index (χ1) is 9.56. The van der Waals surface area contributed by atoms with Crippen molar-refractivity contribution in [3.8, 4) is 0 Å². The number of H-pyrrole nitrogens is 1. The fourth-order valence-corrected chi connectivity index (χ4v) is 2.24. The van der Waals surface area contributed by atoms with Gasteiger partial charge in [0.05, 0.1) is 11.7 Å². The number of aromatic nitrogens is 4. The molecule has 0 bridgehead atoms. The maximum atomic E-state index is 11.9. The standard InChI is InChI=1S/C11H14N6O3/c1-15-9(18)8-7(6-12-15)13-10(14-8)16-2-4-17(5-3-16)11(19)20/h6H,2-5H2,1H3,(H,13,14)(H,19,20). The average Bonchev–Trinajstić information content (AvgIpc) is 2.88. The molecule has 1 amide bonds. The van der Waals surface area contributed by atoms with Gasteiger partial charge in [0, 0.05) is 33.2 Å². The van der Waals surface area contributed by atoms with E-state index in [0.717, 1.165) is 0 Å². The van der Waals surface area contributed by atoms with Gasteiger partial charge in [-0.2, -0.15) is 5.10 Å². The van der Waals surface area contributed by atoms with Gasteiger partial charge in [-0.15, -0.1) is 0 Å². The van der Waals surface area contributed by atoms with E-state index in [0.29, 0.717) is 43.2 Å². The molecule has 20 heavy (non-hydrogen) atoms. The Hall–Kier alpha value is -2.58. The Morgan fingerprint density at radius 3 is 2.70 bits per heavy atom. The van der Waals surface area contributed by atoms with Gasteiger partial charge in [0.25, 0.3) is 5.56 Å². The van der Waals surface area contributed by atoms with Gasteiger partial charge in [-0.05, 0) is 0 Å². The Kier molecular flexibility index (Phi) is 2.81. The molecule has 2 N–H and O–H groups in total. The van der Waals surface area contributed by atoms with Crippen molar-refractivity contribution in [3.05, 3.63) is 16.6 Å². The summed E-state index contributed by atoms with van der Waals surface area (Å²) >= 11 is 0. The molecule has 106 valence electrons. The first-order valence-corrected chi connectivity index (χ1v) is 6.21. The van der Waals surface area contributed by atoms with E-state index in [1.165, 1.54) is 9.58 Å². The topological polar surface area (TPSA) is 107 Å². The minimum atomic E-state index is -0.910. The van der Waals surface area contributed by atoms with Crippen molar-refractivity contribution in [2.24, 2.45) is 7.05 Å². The molecular weight excluding hydrogens is 264 g/mol. The lowest BCUT2D eigenvalue weighted by atomic mass is 10.3. The second-order valence-corrected chi connectivity index (χ2v) is 4.65. The van der Waals surface area contributed by atoms with Crippen molar-refractivity contribution in [1.29, 1.82) is 0 Å². The largest absolute Gasteiger partial charge is 0.465 e. The number of fused-ring (bicyclic) bond motifs is 1. The summed E-state index contributed by atoms with van der Waals surface area (Å²) in [7, 11) is 1.57. The summed E-state index contributed by atoms with van der Waals surface area (Å²) < 4.78 is 1.23. The second-order valence-electron chi connectivity index (χ2n) is 4.65. The number of aromatic amines is 1. The van der Waals surface area contributed by atoms with Crippen molar-refractivity contribution < 1.29 is 9.90 Å². The molecule has 0 unspecified atom stereocenters. The fraction of sp³-hybridized carbons (Fsp3) is 0.455. The SMILES string of the molecule is Cn1ncc2[nH]c(N3CCN(C(=O)O)CC3)nc2c1=O. The monoisotopic (exact) mass is 278 g/mol. The number of rotatable bonds is 1. The summed E-state index contributed by atoms with van der Waals surface area (Å²) in [5.74, 6) is 0.579. The third-order valence-corrected chi connectivity index (χ3v) is 3.43. The van der Waals surface area contributed by atoms with E-state index in [4.69, 9.17) is 5.11 Å². The smallest absolute Gasteiger partial charge is 0.407 e. The Bertz CT molecular complexity index is 713. The predicted octanol–water partition coefficient (Wildman–Crippen LogP) is -0.543. The lowest BCUT2D eigenvalue weighted by Crippen LogP contribution is -2.48. The first kappa shape index (κ1) is 12.5. The van der Waals surface area contributed by atoms with E-state index in [1.54, 1.807) is 13.2 Å². The molecule has 0 atom stereocenters. The van der Waals surface area contributed by atoms with Crippen LogP contribution in [0.3, 0.4) is 0 Å². The quantitative estimate of drug-likeness (QED) is 0.725. The highest BCUT2D eigenvalue weighted by Crippen LogP contribution is 2.15. The summed E-state index contributed by atoms with van der Waals surface area (Å²) in [6.45, 7) is 1.92. The van der Waals surface area contributed by atoms with Gasteiger partial charge in [-0.3, -0.25) is 4.79 Å². The number of anilines is 1. The van der Waals surface area contributed by atoms with Crippen LogP contribution >= 0.6 is 0 Å². The van der Waals surface area contributed by atoms with Gasteiger partial charge >= 0.3 is 6.09 Å². The number of carbonyl (C=O) groups is 1. The average molecular weight is 278 g/mol. The van der Waals surface area contributed by atoms with Gasteiger partial charge in [0.15, 0.2) is 5.52 Å². The molecule has 1 aliphatic rings. The van der Waals surface area contributed by atoms with Crippen LogP contribution in [0.15, 0.2) is 11.0 Å². The number of carboxylic acid groups (broad SMARTS) is 1. The molecular formula is C11H14N6O3. The zero-order chi connectivity index (χ0) is 14.3. The Morgan fingerprint density at radius 1 is 1.35 bits per heavy atom. The molecule has 2 aromatic heterocycles. The minimum absolute atomic E-state index is 0.255. The number of hydrogen-bond acceptors (Lipinski definition) is 5. The van der Waals surface area contributed by atoms with E-state index in [-0.39, 0.29) is 5.56 Å². The van der Waals surface area contributed by atoms with Crippen LogP contribution < -0.4 is 10.5 Å². The van der Waals surface area contributed by atoms with Crippen LogP contribution in [0, 0.1) is 0 Å². The highest BCUT2D eigenvalue weighted by molar-refractivity contribution is 5.75. The summed E-state index contributed by atoms with van der Waals surface area (Å²) in [6.07, 6.45) is 0.646. The number of hydrogen-bond donors (Lipinski definition) is 2. The fourth-order valence-electron chi connectivity index (χ4n) is 2.24. The van der Waals surface area contributed by atoms with Crippen LogP contribution in [0.5, 0.6) is 0 Å². The molecule has 0 aromatic carbocycles. The van der Waals surface area contributed by atoms with Gasteiger partial charge < -0.3 is 19.9 Å². The molecule has 1 fully saturated rings. The lowest BCUT2D eigenvalue weighted by molar-refractivity contribution is 0.142. The number of nitrogens with one attached hydrogen (secondary N) is 1. The number of imidazole rings is 1. The van der Waals surface area contributed by atoms with Crippen LogP contribution in [0.2, 0.25) is 0 Å². The molecule has 0 spiro atoms. The van der Waals surface area contributed by atoms with Crippen molar-refractivity contribution in [3.63, 3.8) is 0 Å². The second kappa shape index (κ2) is 4.51. The molecule has 0 saturated carbocycles. The van der Waals surface area contributed by atoms with E-state index in [9.17, 15) is 9.59 Å².